The number of para-hydroxylation sites is 1. The van der Waals surface area contributed by atoms with Crippen molar-refractivity contribution in [3.05, 3.63) is 24.3 Å². The lowest BCUT2D eigenvalue weighted by molar-refractivity contribution is -0.137. The molecule has 28 heavy (non-hydrogen) atoms. The molecule has 7 nitrogen and oxygen atoms in total. The van der Waals surface area contributed by atoms with Crippen LogP contribution in [0.1, 0.15) is 45.1 Å². The number of rotatable bonds is 6. The van der Waals surface area contributed by atoms with Crippen molar-refractivity contribution < 1.29 is 9.53 Å². The van der Waals surface area contributed by atoms with Crippen molar-refractivity contribution in [3.8, 4) is 0 Å². The Morgan fingerprint density at radius 3 is 2.82 bits per heavy atom. The van der Waals surface area contributed by atoms with Crippen molar-refractivity contribution in [1.29, 1.82) is 0 Å². The van der Waals surface area contributed by atoms with Crippen LogP contribution in [0.2, 0.25) is 0 Å². The molecule has 1 aromatic heterocycles. The van der Waals surface area contributed by atoms with Crippen LogP contribution in [0.25, 0.3) is 11.0 Å². The first-order valence-corrected chi connectivity index (χ1v) is 10.5. The second kappa shape index (κ2) is 8.57. The van der Waals surface area contributed by atoms with Crippen LogP contribution in [0.4, 0.5) is 0 Å². The molecule has 2 fully saturated rings. The van der Waals surface area contributed by atoms with Gasteiger partial charge in [-0.25, -0.2) is 4.68 Å². The van der Waals surface area contributed by atoms with E-state index in [0.717, 1.165) is 63.0 Å². The maximum atomic E-state index is 13.3. The minimum atomic E-state index is -0.0295. The third-order valence-electron chi connectivity index (χ3n) is 6.14. The summed E-state index contributed by atoms with van der Waals surface area (Å²) in [6, 6.07) is 8.19. The number of piperidine rings is 1. The van der Waals surface area contributed by atoms with Gasteiger partial charge in [0.2, 0.25) is 5.91 Å². The van der Waals surface area contributed by atoms with Gasteiger partial charge in [-0.3, -0.25) is 4.79 Å². The van der Waals surface area contributed by atoms with Crippen LogP contribution in [0.5, 0.6) is 0 Å². The van der Waals surface area contributed by atoms with Gasteiger partial charge in [0.25, 0.3) is 0 Å². The van der Waals surface area contributed by atoms with E-state index in [9.17, 15) is 4.79 Å². The molecular weight excluding hydrogens is 354 g/mol. The Balaban J connectivity index is 1.47. The minimum Gasteiger partial charge on any atom is -0.376 e. The normalized spacial score (nSPS) is 22.6. The monoisotopic (exact) mass is 385 g/mol. The molecule has 0 aliphatic carbocycles. The van der Waals surface area contributed by atoms with Crippen LogP contribution >= 0.6 is 0 Å². The molecule has 2 aliphatic heterocycles. The van der Waals surface area contributed by atoms with Gasteiger partial charge in [0.15, 0.2) is 0 Å². The van der Waals surface area contributed by atoms with Crippen LogP contribution in [0.15, 0.2) is 24.3 Å². The molecule has 0 bridgehead atoms. The molecule has 0 radical (unpaired) electrons. The van der Waals surface area contributed by atoms with E-state index < -0.39 is 0 Å². The van der Waals surface area contributed by atoms with Crippen molar-refractivity contribution in [2.45, 2.75) is 57.2 Å². The summed E-state index contributed by atoms with van der Waals surface area (Å²) in [5.74, 6) is 0.206. The number of hydrogen-bond acceptors (Lipinski definition) is 5. The Labute approximate surface area is 166 Å². The van der Waals surface area contributed by atoms with Crippen molar-refractivity contribution in [2.75, 3.05) is 33.3 Å². The van der Waals surface area contributed by atoms with Crippen LogP contribution in [-0.2, 0) is 9.53 Å². The van der Waals surface area contributed by atoms with E-state index in [-0.39, 0.29) is 18.1 Å². The molecule has 2 atom stereocenters. The Hall–Kier alpha value is -1.99. The van der Waals surface area contributed by atoms with Crippen molar-refractivity contribution in [1.82, 2.24) is 24.8 Å². The zero-order valence-corrected chi connectivity index (χ0v) is 17.0. The van der Waals surface area contributed by atoms with E-state index in [1.165, 1.54) is 0 Å². The first kappa shape index (κ1) is 19.3. The van der Waals surface area contributed by atoms with Gasteiger partial charge >= 0.3 is 0 Å². The summed E-state index contributed by atoms with van der Waals surface area (Å²) in [5.41, 5.74) is 1.85. The Kier molecular flexibility index (Phi) is 5.92. The van der Waals surface area contributed by atoms with Crippen molar-refractivity contribution in [2.24, 2.45) is 0 Å². The molecule has 152 valence electrons. The smallest absolute Gasteiger partial charge is 0.225 e. The molecule has 3 heterocycles. The van der Waals surface area contributed by atoms with Gasteiger partial charge in [0, 0.05) is 25.6 Å². The highest BCUT2D eigenvalue weighted by molar-refractivity contribution is 5.78. The van der Waals surface area contributed by atoms with Crippen LogP contribution < -0.4 is 0 Å². The topological polar surface area (TPSA) is 63.5 Å². The quantitative estimate of drug-likeness (QED) is 0.764. The van der Waals surface area contributed by atoms with Crippen molar-refractivity contribution >= 4 is 16.9 Å². The predicted octanol–water partition coefficient (Wildman–Crippen LogP) is 2.48. The zero-order chi connectivity index (χ0) is 19.5. The lowest BCUT2D eigenvalue weighted by Gasteiger charge is -2.38. The molecule has 2 aromatic rings. The molecule has 2 aliphatic rings. The third-order valence-corrected chi connectivity index (χ3v) is 6.14. The molecule has 0 N–H and O–H groups in total. The lowest BCUT2D eigenvalue weighted by Crippen LogP contribution is -2.49. The summed E-state index contributed by atoms with van der Waals surface area (Å²) < 4.78 is 7.73. The fourth-order valence-corrected chi connectivity index (χ4v) is 4.44. The molecule has 7 heteroatoms. The van der Waals surface area contributed by atoms with Crippen LogP contribution in [0.3, 0.4) is 0 Å². The predicted molar refractivity (Wildman–Crippen MR) is 108 cm³/mol. The maximum Gasteiger partial charge on any atom is 0.225 e. The Morgan fingerprint density at radius 2 is 2.07 bits per heavy atom. The maximum absolute atomic E-state index is 13.3. The van der Waals surface area contributed by atoms with Gasteiger partial charge in [-0.2, -0.15) is 0 Å². The third kappa shape index (κ3) is 4.20. The summed E-state index contributed by atoms with van der Waals surface area (Å²) in [5, 5.41) is 8.53. The highest BCUT2D eigenvalue weighted by Crippen LogP contribution is 2.24. The van der Waals surface area contributed by atoms with E-state index in [1.807, 2.05) is 28.9 Å². The molecule has 2 saturated heterocycles. The fraction of sp³-hybridized carbons (Fsp3) is 0.667. The van der Waals surface area contributed by atoms with Gasteiger partial charge < -0.3 is 14.5 Å². The Morgan fingerprint density at radius 1 is 1.29 bits per heavy atom. The van der Waals surface area contributed by atoms with E-state index in [2.05, 4.69) is 34.1 Å². The van der Waals surface area contributed by atoms with Gasteiger partial charge in [0.05, 0.1) is 17.7 Å². The molecule has 1 aromatic carbocycles. The SMILES string of the molecule is C[C@@H](CC(=O)N(C[C@@H]1CCCO1)C1CCN(C)CC1)n1nnc2ccccc21. The number of likely N-dealkylation sites (tertiary alicyclic amines) is 1. The van der Waals surface area contributed by atoms with E-state index in [0.29, 0.717) is 12.5 Å². The lowest BCUT2D eigenvalue weighted by atomic mass is 10.0. The number of benzene rings is 1. The van der Waals surface area contributed by atoms with Crippen LogP contribution in [0, 0.1) is 0 Å². The first-order chi connectivity index (χ1) is 13.6. The van der Waals surface area contributed by atoms with Gasteiger partial charge in [-0.15, -0.1) is 5.10 Å². The van der Waals surface area contributed by atoms with Crippen LogP contribution in [-0.4, -0.2) is 76.1 Å². The summed E-state index contributed by atoms with van der Waals surface area (Å²) >= 11 is 0. The molecule has 0 saturated carbocycles. The number of nitrogens with zero attached hydrogens (tertiary/aromatic N) is 5. The number of amides is 1. The number of hydrogen-bond donors (Lipinski definition) is 0. The van der Waals surface area contributed by atoms with Gasteiger partial charge in [-0.1, -0.05) is 17.3 Å². The second-order valence-corrected chi connectivity index (χ2v) is 8.29. The number of aromatic nitrogens is 3. The van der Waals surface area contributed by atoms with Gasteiger partial charge in [-0.05, 0) is 64.9 Å². The molecular formula is C21H31N5O2. The Bertz CT molecular complexity index is 793. The molecule has 0 spiro atoms. The van der Waals surface area contributed by atoms with E-state index >= 15 is 0 Å². The van der Waals surface area contributed by atoms with E-state index in [1.54, 1.807) is 0 Å². The first-order valence-electron chi connectivity index (χ1n) is 10.5. The second-order valence-electron chi connectivity index (χ2n) is 8.29. The minimum absolute atomic E-state index is 0.0295. The number of fused-ring (bicyclic) bond motifs is 1. The average Bonchev–Trinajstić information content (AvgIpc) is 3.36. The standard InChI is InChI=1S/C21H31N5O2/c1-16(26-20-8-4-3-7-19(20)22-23-26)14-21(27)25(15-18-6-5-13-28-18)17-9-11-24(2)12-10-17/h3-4,7-8,16-18H,5-6,9-15H2,1-2H3/t16-,18-/m0/s1. The average molecular weight is 386 g/mol. The molecule has 1 amide bonds. The largest absolute Gasteiger partial charge is 0.376 e. The van der Waals surface area contributed by atoms with Crippen molar-refractivity contribution in [3.63, 3.8) is 0 Å². The molecule has 4 rings (SSSR count). The number of carbonyl (C=O) groups is 1. The number of ether oxygens (including phenoxy) is 1. The summed E-state index contributed by atoms with van der Waals surface area (Å²) in [4.78, 5) is 17.8. The number of carbonyl (C=O) groups excluding carboxylic acids is 1. The highest BCUT2D eigenvalue weighted by Gasteiger charge is 2.31. The van der Waals surface area contributed by atoms with Gasteiger partial charge in [0.1, 0.15) is 5.52 Å². The highest BCUT2D eigenvalue weighted by atomic mass is 16.5. The summed E-state index contributed by atoms with van der Waals surface area (Å²) in [6.07, 6.45) is 4.85. The molecule has 0 unspecified atom stereocenters. The summed E-state index contributed by atoms with van der Waals surface area (Å²) in [7, 11) is 2.15. The zero-order valence-electron chi connectivity index (χ0n) is 17.0. The fourth-order valence-electron chi connectivity index (χ4n) is 4.44. The summed E-state index contributed by atoms with van der Waals surface area (Å²) in [6.45, 7) is 5.68. The van der Waals surface area contributed by atoms with E-state index in [4.69, 9.17) is 4.74 Å².